The Kier molecular flexibility index (Phi) is 10.3. The normalized spacial score (nSPS) is 17.3. The lowest BCUT2D eigenvalue weighted by atomic mass is 9.98. The number of nitrogens with one attached hydrogen (secondary N) is 1. The van der Waals surface area contributed by atoms with Crippen molar-refractivity contribution in [1.82, 2.24) is 10.2 Å². The summed E-state index contributed by atoms with van der Waals surface area (Å²) in [5, 5.41) is 3.37. The van der Waals surface area contributed by atoms with Crippen molar-refractivity contribution in [3.63, 3.8) is 0 Å². The van der Waals surface area contributed by atoms with Gasteiger partial charge in [0.05, 0.1) is 24.1 Å². The molecule has 6 nitrogen and oxygen atoms in total. The summed E-state index contributed by atoms with van der Waals surface area (Å²) in [4.78, 5) is 18.5. The highest BCUT2D eigenvalue weighted by atomic mass is 127. The number of carbonyl (C=O) groups is 1. The van der Waals surface area contributed by atoms with Crippen molar-refractivity contribution in [3.05, 3.63) is 28.2 Å². The van der Waals surface area contributed by atoms with E-state index >= 15 is 0 Å². The Morgan fingerprint density at radius 2 is 2.23 bits per heavy atom. The molecule has 0 spiro atoms. The first kappa shape index (κ1) is 23.0. The molecule has 1 aromatic carbocycles. The Hall–Kier alpha value is -1.03. The van der Waals surface area contributed by atoms with Gasteiger partial charge in [-0.05, 0) is 53.4 Å². The summed E-state index contributed by atoms with van der Waals surface area (Å²) in [6.45, 7) is 4.45. The average molecular weight is 540 g/mol. The van der Waals surface area contributed by atoms with Gasteiger partial charge in [0.25, 0.3) is 0 Å². The third-order valence-corrected chi connectivity index (χ3v) is 4.84. The molecule has 1 heterocycles. The zero-order valence-corrected chi connectivity index (χ0v) is 19.4. The molecule has 0 radical (unpaired) electrons. The van der Waals surface area contributed by atoms with Crippen LogP contribution in [0.3, 0.4) is 0 Å². The third-order valence-electron chi connectivity index (χ3n) is 4.22. The van der Waals surface area contributed by atoms with Gasteiger partial charge in [-0.1, -0.05) is 6.07 Å². The van der Waals surface area contributed by atoms with Crippen LogP contribution in [0.1, 0.15) is 25.3 Å². The second-order valence-electron chi connectivity index (χ2n) is 5.91. The van der Waals surface area contributed by atoms with Crippen molar-refractivity contribution < 1.29 is 14.3 Å². The fraction of sp³-hybridized carbons (Fsp3) is 0.556. The highest BCUT2D eigenvalue weighted by Crippen LogP contribution is 2.25. The number of guanidine groups is 1. The highest BCUT2D eigenvalue weighted by molar-refractivity contribution is 14.0. The molecular weight excluding hydrogens is 513 g/mol. The summed E-state index contributed by atoms with van der Waals surface area (Å²) >= 11 is 3.50. The second kappa shape index (κ2) is 11.6. The molecule has 0 aromatic heterocycles. The summed E-state index contributed by atoms with van der Waals surface area (Å²) in [7, 11) is 3.41. The van der Waals surface area contributed by atoms with Gasteiger partial charge in [-0.3, -0.25) is 9.79 Å². The Morgan fingerprint density at radius 3 is 2.85 bits per heavy atom. The molecule has 1 atom stereocenters. The molecule has 1 aliphatic heterocycles. The van der Waals surface area contributed by atoms with E-state index in [1.54, 1.807) is 14.2 Å². The number of benzene rings is 1. The Labute approximate surface area is 180 Å². The Bertz CT molecular complexity index is 628. The summed E-state index contributed by atoms with van der Waals surface area (Å²) in [6.07, 6.45) is 1.83. The number of rotatable bonds is 5. The van der Waals surface area contributed by atoms with Crippen molar-refractivity contribution in [2.45, 2.75) is 26.3 Å². The molecule has 1 unspecified atom stereocenters. The van der Waals surface area contributed by atoms with Crippen LogP contribution in [0, 0.1) is 5.92 Å². The minimum absolute atomic E-state index is 0. The lowest BCUT2D eigenvalue weighted by Gasteiger charge is -2.34. The largest absolute Gasteiger partial charge is 0.496 e. The van der Waals surface area contributed by atoms with E-state index < -0.39 is 0 Å². The molecule has 1 N–H and O–H groups in total. The van der Waals surface area contributed by atoms with Crippen LogP contribution < -0.4 is 10.1 Å². The number of carbonyl (C=O) groups excluding carboxylic acids is 1. The van der Waals surface area contributed by atoms with Crippen LogP contribution in [-0.2, 0) is 16.1 Å². The SMILES string of the molecule is CCOC(=O)C1CCCN(C(=NC)NCc2ccc(OC)c(Br)c2)C1.I. The first-order valence-corrected chi connectivity index (χ1v) is 9.33. The maximum absolute atomic E-state index is 12.0. The quantitative estimate of drug-likeness (QED) is 0.269. The standard InChI is InChI=1S/C18H26BrN3O3.HI/c1-4-25-17(23)14-6-5-9-22(12-14)18(20-2)21-11-13-7-8-16(24-3)15(19)10-13;/h7-8,10,14H,4-6,9,11-12H2,1-3H3,(H,20,21);1H. The van der Waals surface area contributed by atoms with Gasteiger partial charge >= 0.3 is 5.97 Å². The van der Waals surface area contributed by atoms with Crippen molar-refractivity contribution in [2.24, 2.45) is 10.9 Å². The van der Waals surface area contributed by atoms with Gasteiger partial charge in [0.2, 0.25) is 0 Å². The molecule has 1 fully saturated rings. The zero-order chi connectivity index (χ0) is 18.2. The summed E-state index contributed by atoms with van der Waals surface area (Å²) in [5.74, 6) is 1.42. The number of nitrogens with zero attached hydrogens (tertiary/aromatic N) is 2. The van der Waals surface area contributed by atoms with Crippen LogP contribution in [0.25, 0.3) is 0 Å². The van der Waals surface area contributed by atoms with E-state index in [9.17, 15) is 4.79 Å². The number of aliphatic imine (C=N–C) groups is 1. The number of methoxy groups -OCH3 is 1. The van der Waals surface area contributed by atoms with Crippen LogP contribution in [0.15, 0.2) is 27.7 Å². The number of ether oxygens (including phenoxy) is 2. The average Bonchev–Trinajstić information content (AvgIpc) is 2.63. The second-order valence-corrected chi connectivity index (χ2v) is 6.76. The number of hydrogen-bond acceptors (Lipinski definition) is 4. The molecule has 0 bridgehead atoms. The maximum atomic E-state index is 12.0. The fourth-order valence-corrected chi connectivity index (χ4v) is 3.54. The van der Waals surface area contributed by atoms with Crippen LogP contribution in [0.4, 0.5) is 0 Å². The molecule has 1 aliphatic rings. The number of piperidine rings is 1. The van der Waals surface area contributed by atoms with Gasteiger partial charge < -0.3 is 19.7 Å². The number of halogens is 2. The molecule has 0 amide bonds. The van der Waals surface area contributed by atoms with E-state index in [0.717, 1.165) is 41.1 Å². The van der Waals surface area contributed by atoms with Gasteiger partial charge in [-0.25, -0.2) is 0 Å². The van der Waals surface area contributed by atoms with Crippen LogP contribution in [0.2, 0.25) is 0 Å². The van der Waals surface area contributed by atoms with Crippen molar-refractivity contribution >= 4 is 51.8 Å². The summed E-state index contributed by atoms with van der Waals surface area (Å²) in [5.41, 5.74) is 1.12. The Balaban J connectivity index is 0.00000338. The lowest BCUT2D eigenvalue weighted by Crippen LogP contribution is -2.48. The molecule has 1 saturated heterocycles. The first-order valence-electron chi connectivity index (χ1n) is 8.53. The van der Waals surface area contributed by atoms with E-state index in [1.807, 2.05) is 25.1 Å². The van der Waals surface area contributed by atoms with Gasteiger partial charge in [-0.15, -0.1) is 24.0 Å². The Morgan fingerprint density at radius 1 is 1.46 bits per heavy atom. The molecule has 146 valence electrons. The molecule has 0 aliphatic carbocycles. The van der Waals surface area contributed by atoms with Crippen LogP contribution >= 0.6 is 39.9 Å². The van der Waals surface area contributed by atoms with Gasteiger partial charge in [0, 0.05) is 26.7 Å². The topological polar surface area (TPSA) is 63.2 Å². The number of esters is 1. The predicted octanol–water partition coefficient (Wildman–Crippen LogP) is 3.43. The number of hydrogen-bond donors (Lipinski definition) is 1. The molecule has 1 aromatic rings. The molecule has 2 rings (SSSR count). The smallest absolute Gasteiger partial charge is 0.310 e. The van der Waals surface area contributed by atoms with Crippen molar-refractivity contribution in [3.8, 4) is 5.75 Å². The fourth-order valence-electron chi connectivity index (χ4n) is 2.96. The number of likely N-dealkylation sites (tertiary alicyclic amines) is 1. The summed E-state index contributed by atoms with van der Waals surface area (Å²) < 4.78 is 11.3. The third kappa shape index (κ3) is 6.29. The molecular formula is C18H27BrIN3O3. The van der Waals surface area contributed by atoms with E-state index in [-0.39, 0.29) is 35.9 Å². The van der Waals surface area contributed by atoms with E-state index in [1.165, 1.54) is 0 Å². The minimum Gasteiger partial charge on any atom is -0.496 e. The van der Waals surface area contributed by atoms with E-state index in [2.05, 4.69) is 31.1 Å². The predicted molar refractivity (Wildman–Crippen MR) is 117 cm³/mol. The summed E-state index contributed by atoms with van der Waals surface area (Å²) in [6, 6.07) is 5.97. The molecule has 8 heteroatoms. The molecule has 0 saturated carbocycles. The van der Waals surface area contributed by atoms with Gasteiger partial charge in [-0.2, -0.15) is 0 Å². The van der Waals surface area contributed by atoms with Crippen LogP contribution in [-0.4, -0.2) is 50.7 Å². The highest BCUT2D eigenvalue weighted by Gasteiger charge is 2.28. The van der Waals surface area contributed by atoms with Gasteiger partial charge in [0.15, 0.2) is 5.96 Å². The van der Waals surface area contributed by atoms with Crippen molar-refractivity contribution in [2.75, 3.05) is 33.9 Å². The molecule has 26 heavy (non-hydrogen) atoms. The monoisotopic (exact) mass is 539 g/mol. The van der Waals surface area contributed by atoms with Gasteiger partial charge in [0.1, 0.15) is 5.75 Å². The minimum atomic E-state index is -0.110. The van der Waals surface area contributed by atoms with Crippen molar-refractivity contribution in [1.29, 1.82) is 0 Å². The zero-order valence-electron chi connectivity index (χ0n) is 15.5. The maximum Gasteiger partial charge on any atom is 0.310 e. The van der Waals surface area contributed by atoms with E-state index in [0.29, 0.717) is 19.7 Å². The first-order chi connectivity index (χ1) is 12.1. The van der Waals surface area contributed by atoms with Crippen LogP contribution in [0.5, 0.6) is 5.75 Å². The lowest BCUT2D eigenvalue weighted by molar-refractivity contribution is -0.149. The van der Waals surface area contributed by atoms with E-state index in [4.69, 9.17) is 9.47 Å².